The number of morpholine rings is 1. The first-order chi connectivity index (χ1) is 10.2. The van der Waals surface area contributed by atoms with E-state index >= 15 is 0 Å². The first-order valence-electron chi connectivity index (χ1n) is 7.18. The van der Waals surface area contributed by atoms with Crippen molar-refractivity contribution >= 4 is 22.7 Å². The van der Waals surface area contributed by atoms with E-state index in [-0.39, 0.29) is 11.7 Å². The summed E-state index contributed by atoms with van der Waals surface area (Å²) in [6.45, 7) is 4.02. The number of nitrogens with zero attached hydrogens (tertiary/aromatic N) is 2. The van der Waals surface area contributed by atoms with Crippen LogP contribution in [0, 0.1) is 0 Å². The summed E-state index contributed by atoms with van der Waals surface area (Å²) >= 11 is 0. The average Bonchev–Trinajstić information content (AvgIpc) is 2.53. The Morgan fingerprint density at radius 3 is 3.05 bits per heavy atom. The number of carboxylic acids is 1. The van der Waals surface area contributed by atoms with Gasteiger partial charge in [-0.15, -0.1) is 0 Å². The third-order valence-corrected chi connectivity index (χ3v) is 3.83. The molecule has 1 aliphatic rings. The van der Waals surface area contributed by atoms with Crippen molar-refractivity contribution in [3.05, 3.63) is 35.9 Å². The van der Waals surface area contributed by atoms with Crippen LogP contribution in [0.5, 0.6) is 0 Å². The highest BCUT2D eigenvalue weighted by Gasteiger charge is 2.24. The van der Waals surface area contributed by atoms with Crippen molar-refractivity contribution in [3.8, 4) is 0 Å². The van der Waals surface area contributed by atoms with Crippen molar-refractivity contribution < 1.29 is 14.6 Å². The Kier molecular flexibility index (Phi) is 3.75. The van der Waals surface area contributed by atoms with E-state index in [4.69, 9.17) is 4.74 Å². The first-order valence-corrected chi connectivity index (χ1v) is 7.18. The Morgan fingerprint density at radius 1 is 1.48 bits per heavy atom. The smallest absolute Gasteiger partial charge is 0.339 e. The van der Waals surface area contributed by atoms with Crippen LogP contribution in [-0.4, -0.2) is 41.9 Å². The van der Waals surface area contributed by atoms with E-state index in [0.717, 1.165) is 17.3 Å². The molecular formula is C16H18N2O3. The van der Waals surface area contributed by atoms with Crippen molar-refractivity contribution in [2.24, 2.45) is 0 Å². The van der Waals surface area contributed by atoms with Gasteiger partial charge in [0.25, 0.3) is 0 Å². The molecule has 1 saturated heterocycles. The van der Waals surface area contributed by atoms with Gasteiger partial charge in [-0.3, -0.25) is 0 Å². The van der Waals surface area contributed by atoms with E-state index in [1.54, 1.807) is 6.07 Å². The van der Waals surface area contributed by atoms with Gasteiger partial charge in [0.15, 0.2) is 0 Å². The number of carboxylic acid groups (broad SMARTS) is 1. The Balaban J connectivity index is 2.07. The van der Waals surface area contributed by atoms with Gasteiger partial charge in [-0.05, 0) is 18.6 Å². The van der Waals surface area contributed by atoms with E-state index < -0.39 is 5.97 Å². The zero-order valence-corrected chi connectivity index (χ0v) is 12.0. The van der Waals surface area contributed by atoms with Gasteiger partial charge >= 0.3 is 5.97 Å². The van der Waals surface area contributed by atoms with Crippen LogP contribution < -0.4 is 4.90 Å². The number of aromatic nitrogens is 1. The summed E-state index contributed by atoms with van der Waals surface area (Å²) in [6, 6.07) is 9.29. The number of fused-ring (bicyclic) bond motifs is 1. The van der Waals surface area contributed by atoms with Gasteiger partial charge < -0.3 is 14.7 Å². The van der Waals surface area contributed by atoms with Crippen LogP contribution in [0.15, 0.2) is 30.3 Å². The van der Waals surface area contributed by atoms with E-state index in [1.807, 2.05) is 29.2 Å². The fourth-order valence-electron chi connectivity index (χ4n) is 2.66. The van der Waals surface area contributed by atoms with E-state index in [1.165, 1.54) is 0 Å². The van der Waals surface area contributed by atoms with Crippen LogP contribution in [-0.2, 0) is 4.74 Å². The molecule has 5 heteroatoms. The number of ether oxygens (including phenoxy) is 1. The van der Waals surface area contributed by atoms with Crippen molar-refractivity contribution in [1.82, 2.24) is 4.98 Å². The molecule has 0 spiro atoms. The maximum atomic E-state index is 11.6. The number of aromatic carboxylic acids is 1. The lowest BCUT2D eigenvalue weighted by Gasteiger charge is -2.34. The topological polar surface area (TPSA) is 62.7 Å². The number of anilines is 1. The normalized spacial score (nSPS) is 18.9. The maximum Gasteiger partial charge on any atom is 0.339 e. The van der Waals surface area contributed by atoms with Crippen LogP contribution in [0.3, 0.4) is 0 Å². The lowest BCUT2D eigenvalue weighted by molar-refractivity contribution is 0.0379. The Bertz CT molecular complexity index is 672. The molecule has 2 heterocycles. The fraction of sp³-hybridized carbons (Fsp3) is 0.375. The Labute approximate surface area is 123 Å². The number of carbonyl (C=O) groups is 1. The maximum absolute atomic E-state index is 11.6. The summed E-state index contributed by atoms with van der Waals surface area (Å²) in [7, 11) is 0. The van der Waals surface area contributed by atoms with Gasteiger partial charge in [-0.1, -0.05) is 25.1 Å². The molecule has 1 fully saturated rings. The van der Waals surface area contributed by atoms with Crippen LogP contribution in [0.25, 0.3) is 10.9 Å². The Hall–Kier alpha value is -2.14. The van der Waals surface area contributed by atoms with Gasteiger partial charge in [0, 0.05) is 18.5 Å². The van der Waals surface area contributed by atoms with Crippen LogP contribution in [0.2, 0.25) is 0 Å². The molecule has 1 atom stereocenters. The molecule has 0 radical (unpaired) electrons. The summed E-state index contributed by atoms with van der Waals surface area (Å²) in [4.78, 5) is 18.2. The summed E-state index contributed by atoms with van der Waals surface area (Å²) in [5, 5.41) is 10.3. The molecule has 0 bridgehead atoms. The van der Waals surface area contributed by atoms with E-state index in [2.05, 4.69) is 11.9 Å². The molecule has 0 amide bonds. The van der Waals surface area contributed by atoms with Crippen molar-refractivity contribution in [2.75, 3.05) is 24.6 Å². The molecule has 3 rings (SSSR count). The van der Waals surface area contributed by atoms with Crippen LogP contribution in [0.1, 0.15) is 23.7 Å². The molecule has 110 valence electrons. The van der Waals surface area contributed by atoms with E-state index in [9.17, 15) is 9.90 Å². The molecular weight excluding hydrogens is 268 g/mol. The number of pyridine rings is 1. The lowest BCUT2D eigenvalue weighted by Crippen LogP contribution is -2.43. The molecule has 1 unspecified atom stereocenters. The number of benzene rings is 1. The summed E-state index contributed by atoms with van der Waals surface area (Å²) in [5.41, 5.74) is 1.07. The minimum absolute atomic E-state index is 0.133. The van der Waals surface area contributed by atoms with Gasteiger partial charge in [-0.2, -0.15) is 0 Å². The highest BCUT2D eigenvalue weighted by molar-refractivity contribution is 5.98. The highest BCUT2D eigenvalue weighted by atomic mass is 16.5. The monoisotopic (exact) mass is 286 g/mol. The van der Waals surface area contributed by atoms with Gasteiger partial charge in [-0.25, -0.2) is 9.78 Å². The Morgan fingerprint density at radius 2 is 2.29 bits per heavy atom. The standard InChI is InChI=1S/C16H18N2O3/c1-2-12-10-18(7-8-21-12)15-13(16(19)20)9-11-5-3-4-6-14(11)17-15/h3-6,9,12H,2,7-8,10H2,1H3,(H,19,20). The van der Waals surface area contributed by atoms with Crippen LogP contribution >= 0.6 is 0 Å². The van der Waals surface area contributed by atoms with Crippen molar-refractivity contribution in [3.63, 3.8) is 0 Å². The number of hydrogen-bond acceptors (Lipinski definition) is 4. The predicted octanol–water partition coefficient (Wildman–Crippen LogP) is 2.55. The highest BCUT2D eigenvalue weighted by Crippen LogP contribution is 2.25. The largest absolute Gasteiger partial charge is 0.478 e. The molecule has 1 aromatic carbocycles. The zero-order chi connectivity index (χ0) is 14.8. The van der Waals surface area contributed by atoms with Crippen molar-refractivity contribution in [1.29, 1.82) is 0 Å². The summed E-state index contributed by atoms with van der Waals surface area (Å²) < 4.78 is 5.65. The minimum Gasteiger partial charge on any atom is -0.478 e. The van der Waals surface area contributed by atoms with Gasteiger partial charge in [0.2, 0.25) is 0 Å². The second kappa shape index (κ2) is 5.69. The summed E-state index contributed by atoms with van der Waals surface area (Å²) in [5.74, 6) is -0.397. The zero-order valence-electron chi connectivity index (χ0n) is 12.0. The predicted molar refractivity (Wildman–Crippen MR) is 80.9 cm³/mol. The summed E-state index contributed by atoms with van der Waals surface area (Å²) in [6.07, 6.45) is 1.04. The minimum atomic E-state index is -0.942. The van der Waals surface area contributed by atoms with Gasteiger partial charge in [0.1, 0.15) is 11.4 Å². The second-order valence-electron chi connectivity index (χ2n) is 5.20. The number of hydrogen-bond donors (Lipinski definition) is 1. The molecule has 21 heavy (non-hydrogen) atoms. The average molecular weight is 286 g/mol. The lowest BCUT2D eigenvalue weighted by atomic mass is 10.1. The SMILES string of the molecule is CCC1CN(c2nc3ccccc3cc2C(=O)O)CCO1. The van der Waals surface area contributed by atoms with E-state index in [0.29, 0.717) is 25.5 Å². The molecule has 1 aliphatic heterocycles. The van der Waals surface area contributed by atoms with Gasteiger partial charge in [0.05, 0.1) is 18.2 Å². The molecule has 2 aromatic rings. The molecule has 0 aliphatic carbocycles. The molecule has 1 aromatic heterocycles. The number of para-hydroxylation sites is 1. The molecule has 0 saturated carbocycles. The molecule has 5 nitrogen and oxygen atoms in total. The quantitative estimate of drug-likeness (QED) is 0.939. The van der Waals surface area contributed by atoms with Crippen LogP contribution in [0.4, 0.5) is 5.82 Å². The third-order valence-electron chi connectivity index (χ3n) is 3.83. The first kappa shape index (κ1) is 13.8. The second-order valence-corrected chi connectivity index (χ2v) is 5.20. The third kappa shape index (κ3) is 2.69. The van der Waals surface area contributed by atoms with Crippen molar-refractivity contribution in [2.45, 2.75) is 19.4 Å². The fourth-order valence-corrected chi connectivity index (χ4v) is 2.66. The molecule has 1 N–H and O–H groups in total. The number of rotatable bonds is 3.